The van der Waals surface area contributed by atoms with Crippen molar-refractivity contribution in [2.24, 2.45) is 5.11 Å². The molecule has 1 aromatic heterocycles. The fraction of sp³-hybridized carbons (Fsp3) is 0.143. The van der Waals surface area contributed by atoms with Gasteiger partial charge in [-0.1, -0.05) is 5.11 Å². The lowest BCUT2D eigenvalue weighted by atomic mass is 10.2. The maximum Gasteiger partial charge on any atom is 0.417 e. The largest absolute Gasteiger partial charge is 0.477 e. The predicted octanol–water partition coefficient (Wildman–Crippen LogP) is 2.74. The molecule has 1 N–H and O–H groups in total. The second-order valence-electron chi connectivity index (χ2n) is 2.58. The van der Waals surface area contributed by atoms with Crippen molar-refractivity contribution in [1.29, 1.82) is 0 Å². The lowest BCUT2D eigenvalue weighted by Crippen LogP contribution is -2.08. The molecule has 0 amide bonds. The highest BCUT2D eigenvalue weighted by molar-refractivity contribution is 5.91. The van der Waals surface area contributed by atoms with Crippen molar-refractivity contribution in [3.05, 3.63) is 34.0 Å². The number of nitrogens with zero attached hydrogens (tertiary/aromatic N) is 4. The quantitative estimate of drug-likeness (QED) is 0.482. The number of azide groups is 1. The molecule has 84 valence electrons. The Balaban J connectivity index is 3.39. The van der Waals surface area contributed by atoms with E-state index in [9.17, 15) is 18.0 Å². The van der Waals surface area contributed by atoms with Crippen molar-refractivity contribution in [2.45, 2.75) is 6.18 Å². The Labute approximate surface area is 86.0 Å². The first-order chi connectivity index (χ1) is 7.36. The first-order valence-electron chi connectivity index (χ1n) is 3.72. The molecule has 0 aliphatic rings. The normalized spacial score (nSPS) is 10.7. The summed E-state index contributed by atoms with van der Waals surface area (Å²) in [5.41, 5.74) is 5.49. The van der Waals surface area contributed by atoms with Crippen molar-refractivity contribution in [3.63, 3.8) is 0 Å². The van der Waals surface area contributed by atoms with Gasteiger partial charge in [0.15, 0.2) is 5.69 Å². The van der Waals surface area contributed by atoms with Gasteiger partial charge in [0.1, 0.15) is 0 Å². The summed E-state index contributed by atoms with van der Waals surface area (Å²) < 4.78 is 36.7. The number of pyridine rings is 1. The molecule has 0 spiro atoms. The molecule has 0 atom stereocenters. The van der Waals surface area contributed by atoms with Crippen molar-refractivity contribution in [1.82, 2.24) is 4.98 Å². The molecule has 6 nitrogen and oxygen atoms in total. The van der Waals surface area contributed by atoms with Gasteiger partial charge in [-0.3, -0.25) is 0 Å². The Kier molecular flexibility index (Phi) is 3.00. The van der Waals surface area contributed by atoms with Crippen LogP contribution < -0.4 is 0 Å². The monoisotopic (exact) mass is 232 g/mol. The number of alkyl halides is 3. The fourth-order valence-corrected chi connectivity index (χ4v) is 0.897. The minimum atomic E-state index is -4.68. The molecule has 16 heavy (non-hydrogen) atoms. The first-order valence-corrected chi connectivity index (χ1v) is 3.72. The average molecular weight is 232 g/mol. The SMILES string of the molecule is [N-]=[N+]=Nc1cc(C(F)(F)F)cnc1C(=O)O. The number of hydrogen-bond acceptors (Lipinski definition) is 3. The maximum atomic E-state index is 12.2. The molecule has 9 heteroatoms. The van der Waals surface area contributed by atoms with Gasteiger partial charge < -0.3 is 5.11 Å². The fourth-order valence-electron chi connectivity index (χ4n) is 0.897. The molecule has 0 aliphatic heterocycles. The lowest BCUT2D eigenvalue weighted by molar-refractivity contribution is -0.137. The van der Waals surface area contributed by atoms with Crippen LogP contribution in [0.4, 0.5) is 18.9 Å². The van der Waals surface area contributed by atoms with Crippen LogP contribution in [0.1, 0.15) is 16.1 Å². The van der Waals surface area contributed by atoms with Crippen LogP contribution in [0.2, 0.25) is 0 Å². The van der Waals surface area contributed by atoms with E-state index in [0.29, 0.717) is 12.3 Å². The van der Waals surface area contributed by atoms with Crippen LogP contribution in [0.5, 0.6) is 0 Å². The lowest BCUT2D eigenvalue weighted by Gasteiger charge is -2.07. The molecular weight excluding hydrogens is 229 g/mol. The number of hydrogen-bond donors (Lipinski definition) is 1. The van der Waals surface area contributed by atoms with Crippen molar-refractivity contribution >= 4 is 11.7 Å². The summed E-state index contributed by atoms with van der Waals surface area (Å²) in [5.74, 6) is -1.57. The molecule has 0 aromatic carbocycles. The third-order valence-corrected chi connectivity index (χ3v) is 1.55. The van der Waals surface area contributed by atoms with Crippen LogP contribution in [0, 0.1) is 0 Å². The maximum absolute atomic E-state index is 12.2. The molecular formula is C7H3F3N4O2. The summed E-state index contributed by atoms with van der Waals surface area (Å²) in [6, 6.07) is 0.427. The van der Waals surface area contributed by atoms with Crippen LogP contribution in [-0.2, 0) is 6.18 Å². The Hall–Kier alpha value is -2.28. The smallest absolute Gasteiger partial charge is 0.417 e. The standard InChI is InChI=1S/C7H3F3N4O2/c8-7(9,10)3-1-4(13-14-11)5(6(15)16)12-2-3/h1-2H,(H,15,16). The van der Waals surface area contributed by atoms with Gasteiger partial charge in [0, 0.05) is 11.1 Å². The molecule has 0 saturated heterocycles. The molecule has 1 aromatic rings. The Morgan fingerprint density at radius 2 is 2.19 bits per heavy atom. The zero-order chi connectivity index (χ0) is 12.3. The van der Waals surface area contributed by atoms with E-state index in [1.807, 2.05) is 0 Å². The Morgan fingerprint density at radius 1 is 1.56 bits per heavy atom. The van der Waals surface area contributed by atoms with E-state index in [-0.39, 0.29) is 0 Å². The minimum absolute atomic E-state index is 0.361. The number of carboxylic acids is 1. The molecule has 0 bridgehead atoms. The van der Waals surface area contributed by atoms with Gasteiger partial charge in [-0.15, -0.1) is 0 Å². The van der Waals surface area contributed by atoms with Gasteiger partial charge >= 0.3 is 12.1 Å². The van der Waals surface area contributed by atoms with Crippen LogP contribution in [0.25, 0.3) is 10.4 Å². The van der Waals surface area contributed by atoms with Crippen LogP contribution >= 0.6 is 0 Å². The Bertz CT molecular complexity index is 479. The van der Waals surface area contributed by atoms with Gasteiger partial charge in [0.2, 0.25) is 0 Å². The van der Waals surface area contributed by atoms with Crippen molar-refractivity contribution in [3.8, 4) is 0 Å². The van der Waals surface area contributed by atoms with Gasteiger partial charge in [-0.05, 0) is 11.6 Å². The average Bonchev–Trinajstić information content (AvgIpc) is 2.16. The Morgan fingerprint density at radius 3 is 2.62 bits per heavy atom. The number of aromatic nitrogens is 1. The highest BCUT2D eigenvalue weighted by atomic mass is 19.4. The van der Waals surface area contributed by atoms with Gasteiger partial charge in [0.25, 0.3) is 0 Å². The van der Waals surface area contributed by atoms with Gasteiger partial charge in [-0.2, -0.15) is 13.2 Å². The molecule has 1 heterocycles. The highest BCUT2D eigenvalue weighted by Gasteiger charge is 2.32. The van der Waals surface area contributed by atoms with Crippen molar-refractivity contribution in [2.75, 3.05) is 0 Å². The summed E-state index contributed by atoms with van der Waals surface area (Å²) in [4.78, 5) is 15.8. The van der Waals surface area contributed by atoms with E-state index < -0.39 is 29.1 Å². The summed E-state index contributed by atoms with van der Waals surface area (Å²) in [5, 5.41) is 11.4. The summed E-state index contributed by atoms with van der Waals surface area (Å²) in [7, 11) is 0. The number of halogens is 3. The van der Waals surface area contributed by atoms with Crippen LogP contribution in [0.3, 0.4) is 0 Å². The van der Waals surface area contributed by atoms with E-state index in [1.165, 1.54) is 0 Å². The van der Waals surface area contributed by atoms with Crippen LogP contribution in [-0.4, -0.2) is 16.1 Å². The van der Waals surface area contributed by atoms with Crippen LogP contribution in [0.15, 0.2) is 17.4 Å². The van der Waals surface area contributed by atoms with E-state index in [1.54, 1.807) is 0 Å². The molecule has 0 saturated carbocycles. The number of rotatable bonds is 2. The summed E-state index contributed by atoms with van der Waals surface area (Å²) in [6.07, 6.45) is -4.32. The zero-order valence-electron chi connectivity index (χ0n) is 7.43. The van der Waals surface area contributed by atoms with E-state index in [0.717, 1.165) is 0 Å². The highest BCUT2D eigenvalue weighted by Crippen LogP contribution is 2.32. The number of carboxylic acid groups (broad SMARTS) is 1. The molecule has 0 fully saturated rings. The third-order valence-electron chi connectivity index (χ3n) is 1.55. The number of carbonyl (C=O) groups is 1. The summed E-state index contributed by atoms with van der Waals surface area (Å²) >= 11 is 0. The summed E-state index contributed by atoms with van der Waals surface area (Å²) in [6.45, 7) is 0. The van der Waals surface area contributed by atoms with E-state index in [2.05, 4.69) is 15.0 Å². The second-order valence-corrected chi connectivity index (χ2v) is 2.58. The van der Waals surface area contributed by atoms with E-state index in [4.69, 9.17) is 10.6 Å². The topological polar surface area (TPSA) is 99.0 Å². The van der Waals surface area contributed by atoms with Gasteiger partial charge in [-0.25, -0.2) is 9.78 Å². The van der Waals surface area contributed by atoms with E-state index >= 15 is 0 Å². The van der Waals surface area contributed by atoms with Crippen molar-refractivity contribution < 1.29 is 23.1 Å². The third kappa shape index (κ3) is 2.39. The number of aromatic carboxylic acids is 1. The predicted molar refractivity (Wildman–Crippen MR) is 45.0 cm³/mol. The molecule has 1 rings (SSSR count). The molecule has 0 aliphatic carbocycles. The zero-order valence-corrected chi connectivity index (χ0v) is 7.43. The first kappa shape index (κ1) is 11.8. The molecule has 0 unspecified atom stereocenters. The molecule has 0 radical (unpaired) electrons. The second kappa shape index (κ2) is 4.07. The minimum Gasteiger partial charge on any atom is -0.477 e. The van der Waals surface area contributed by atoms with Gasteiger partial charge in [0.05, 0.1) is 11.3 Å².